The van der Waals surface area contributed by atoms with E-state index in [1.807, 2.05) is 12.1 Å². The summed E-state index contributed by atoms with van der Waals surface area (Å²) in [6.07, 6.45) is 6.39. The Bertz CT molecular complexity index is 519. The molecule has 1 aliphatic rings. The minimum absolute atomic E-state index is 0.108. The smallest absolute Gasteiger partial charge is 0.211 e. The quantitative estimate of drug-likeness (QED) is 0.797. The number of halogens is 1. The molecule has 0 bridgehead atoms. The molecule has 0 N–H and O–H groups in total. The van der Waals surface area contributed by atoms with Gasteiger partial charge in [0.1, 0.15) is 5.15 Å². The Morgan fingerprint density at radius 2 is 2.33 bits per heavy atom. The molecule has 18 heavy (non-hydrogen) atoms. The summed E-state index contributed by atoms with van der Waals surface area (Å²) in [7, 11) is -3.08. The molecule has 100 valence electrons. The van der Waals surface area contributed by atoms with Gasteiger partial charge in [0.25, 0.3) is 0 Å². The van der Waals surface area contributed by atoms with E-state index < -0.39 is 10.0 Å². The lowest BCUT2D eigenvalue weighted by molar-refractivity contribution is 0.373. The number of aromatic nitrogens is 1. The number of nitrogens with zero attached hydrogens (tertiary/aromatic N) is 2. The lowest BCUT2D eigenvalue weighted by atomic mass is 10.1. The minimum Gasteiger partial charge on any atom is -0.244 e. The molecule has 1 aliphatic heterocycles. The first-order chi connectivity index (χ1) is 8.48. The highest BCUT2D eigenvalue weighted by Gasteiger charge is 2.30. The summed E-state index contributed by atoms with van der Waals surface area (Å²) in [6, 6.07) is 3.90. The van der Waals surface area contributed by atoms with Crippen LogP contribution in [-0.4, -0.2) is 36.5 Å². The van der Waals surface area contributed by atoms with Crippen molar-refractivity contribution in [3.05, 3.63) is 29.0 Å². The first-order valence-corrected chi connectivity index (χ1v) is 8.27. The third-order valence-corrected chi connectivity index (χ3v) is 5.01. The molecule has 0 amide bonds. The van der Waals surface area contributed by atoms with Crippen LogP contribution in [0.5, 0.6) is 0 Å². The topological polar surface area (TPSA) is 50.3 Å². The Labute approximate surface area is 113 Å². The average molecular weight is 289 g/mol. The van der Waals surface area contributed by atoms with Gasteiger partial charge in [-0.2, -0.15) is 4.31 Å². The normalized spacial score (nSPS) is 21.3. The van der Waals surface area contributed by atoms with Crippen molar-refractivity contribution in [2.24, 2.45) is 0 Å². The summed E-state index contributed by atoms with van der Waals surface area (Å²) in [5.74, 6) is 0. The maximum absolute atomic E-state index is 11.6. The van der Waals surface area contributed by atoms with Crippen molar-refractivity contribution in [3.8, 4) is 0 Å². The number of hydrogen-bond donors (Lipinski definition) is 0. The van der Waals surface area contributed by atoms with E-state index >= 15 is 0 Å². The highest BCUT2D eigenvalue weighted by Crippen LogP contribution is 2.25. The maximum atomic E-state index is 11.6. The predicted octanol–water partition coefficient (Wildman–Crippen LogP) is 2.09. The molecule has 0 spiro atoms. The summed E-state index contributed by atoms with van der Waals surface area (Å²) in [5.41, 5.74) is 0.986. The van der Waals surface area contributed by atoms with Gasteiger partial charge in [0.05, 0.1) is 6.26 Å². The fourth-order valence-electron chi connectivity index (χ4n) is 2.46. The minimum atomic E-state index is -3.08. The molecule has 0 unspecified atom stereocenters. The summed E-state index contributed by atoms with van der Waals surface area (Å²) >= 11 is 5.99. The molecule has 0 radical (unpaired) electrons. The maximum Gasteiger partial charge on any atom is 0.211 e. The molecule has 1 atom stereocenters. The Balaban J connectivity index is 2.00. The fourth-order valence-corrected chi connectivity index (χ4v) is 3.89. The summed E-state index contributed by atoms with van der Waals surface area (Å²) in [4.78, 5) is 4.03. The first-order valence-electron chi connectivity index (χ1n) is 6.04. The van der Waals surface area contributed by atoms with Crippen LogP contribution < -0.4 is 0 Å². The Morgan fingerprint density at radius 3 is 3.00 bits per heavy atom. The van der Waals surface area contributed by atoms with Crippen molar-refractivity contribution in [1.82, 2.24) is 9.29 Å². The zero-order valence-electron chi connectivity index (χ0n) is 10.3. The number of sulfonamides is 1. The second-order valence-corrected chi connectivity index (χ2v) is 6.95. The molecule has 0 saturated carbocycles. The third kappa shape index (κ3) is 3.22. The molecular weight excluding hydrogens is 272 g/mol. The monoisotopic (exact) mass is 288 g/mol. The second kappa shape index (κ2) is 5.55. The lowest BCUT2D eigenvalue weighted by Crippen LogP contribution is -2.34. The number of hydrogen-bond acceptors (Lipinski definition) is 3. The standard InChI is InChI=1S/C12H17ClN2O2S/c1-18(16,17)15-9-3-5-11(15)7-6-10-4-2-8-14-12(10)13/h2,4,8,11H,3,5-7,9H2,1H3/t11-/m1/s1. The molecule has 0 aliphatic carbocycles. The fraction of sp³-hybridized carbons (Fsp3) is 0.583. The molecular formula is C12H17ClN2O2S. The first kappa shape index (κ1) is 13.8. The summed E-state index contributed by atoms with van der Waals surface area (Å²) in [6.45, 7) is 0.643. The molecule has 1 saturated heterocycles. The Kier molecular flexibility index (Phi) is 4.25. The highest BCUT2D eigenvalue weighted by atomic mass is 35.5. The van der Waals surface area contributed by atoms with Crippen LogP contribution in [0.2, 0.25) is 5.15 Å². The van der Waals surface area contributed by atoms with E-state index in [9.17, 15) is 8.42 Å². The van der Waals surface area contributed by atoms with Crippen molar-refractivity contribution < 1.29 is 8.42 Å². The molecule has 0 aromatic carbocycles. The number of aryl methyl sites for hydroxylation is 1. The van der Waals surface area contributed by atoms with Crippen molar-refractivity contribution in [2.75, 3.05) is 12.8 Å². The van der Waals surface area contributed by atoms with E-state index in [4.69, 9.17) is 11.6 Å². The van der Waals surface area contributed by atoms with Crippen LogP contribution in [0.4, 0.5) is 0 Å². The zero-order chi connectivity index (χ0) is 13.2. The van der Waals surface area contributed by atoms with Gasteiger partial charge < -0.3 is 0 Å². The van der Waals surface area contributed by atoms with Crippen molar-refractivity contribution >= 4 is 21.6 Å². The van der Waals surface area contributed by atoms with Crippen LogP contribution in [-0.2, 0) is 16.4 Å². The van der Waals surface area contributed by atoms with Crippen molar-refractivity contribution in [2.45, 2.75) is 31.7 Å². The summed E-state index contributed by atoms with van der Waals surface area (Å²) < 4.78 is 24.8. The van der Waals surface area contributed by atoms with E-state index in [2.05, 4.69) is 4.98 Å². The zero-order valence-corrected chi connectivity index (χ0v) is 11.9. The van der Waals surface area contributed by atoms with E-state index in [1.165, 1.54) is 6.26 Å². The molecule has 4 nitrogen and oxygen atoms in total. The van der Waals surface area contributed by atoms with Crippen LogP contribution in [0.1, 0.15) is 24.8 Å². The van der Waals surface area contributed by atoms with Gasteiger partial charge in [0.2, 0.25) is 10.0 Å². The van der Waals surface area contributed by atoms with Crippen LogP contribution in [0.3, 0.4) is 0 Å². The molecule has 2 rings (SSSR count). The van der Waals surface area contributed by atoms with Gasteiger partial charge in [0, 0.05) is 18.8 Å². The molecule has 1 fully saturated rings. The van der Waals surface area contributed by atoms with Gasteiger partial charge in [0.15, 0.2) is 0 Å². The van der Waals surface area contributed by atoms with E-state index in [0.717, 1.165) is 31.2 Å². The molecule has 2 heterocycles. The van der Waals surface area contributed by atoms with Crippen molar-refractivity contribution in [1.29, 1.82) is 0 Å². The van der Waals surface area contributed by atoms with Gasteiger partial charge in [-0.3, -0.25) is 0 Å². The number of pyridine rings is 1. The van der Waals surface area contributed by atoms with Gasteiger partial charge in [-0.1, -0.05) is 17.7 Å². The van der Waals surface area contributed by atoms with Crippen LogP contribution in [0, 0.1) is 0 Å². The Hall–Kier alpha value is -0.650. The lowest BCUT2D eigenvalue weighted by Gasteiger charge is -2.22. The summed E-state index contributed by atoms with van der Waals surface area (Å²) in [5, 5.41) is 0.515. The number of rotatable bonds is 4. The van der Waals surface area contributed by atoms with Crippen LogP contribution in [0.15, 0.2) is 18.3 Å². The van der Waals surface area contributed by atoms with E-state index in [-0.39, 0.29) is 6.04 Å². The molecule has 1 aromatic heterocycles. The van der Waals surface area contributed by atoms with E-state index in [0.29, 0.717) is 11.7 Å². The predicted molar refractivity (Wildman–Crippen MR) is 72.1 cm³/mol. The van der Waals surface area contributed by atoms with Crippen LogP contribution >= 0.6 is 11.6 Å². The van der Waals surface area contributed by atoms with Crippen LogP contribution in [0.25, 0.3) is 0 Å². The SMILES string of the molecule is CS(=O)(=O)N1CCC[C@@H]1CCc1cccnc1Cl. The van der Waals surface area contributed by atoms with Crippen molar-refractivity contribution in [3.63, 3.8) is 0 Å². The largest absolute Gasteiger partial charge is 0.244 e. The average Bonchev–Trinajstić information content (AvgIpc) is 2.76. The van der Waals surface area contributed by atoms with Gasteiger partial charge >= 0.3 is 0 Å². The van der Waals surface area contributed by atoms with Gasteiger partial charge in [-0.05, 0) is 37.3 Å². The van der Waals surface area contributed by atoms with E-state index in [1.54, 1.807) is 10.5 Å². The highest BCUT2D eigenvalue weighted by molar-refractivity contribution is 7.88. The third-order valence-electron chi connectivity index (χ3n) is 3.33. The molecule has 1 aromatic rings. The molecule has 6 heteroatoms. The van der Waals surface area contributed by atoms with Gasteiger partial charge in [-0.25, -0.2) is 13.4 Å². The second-order valence-electron chi connectivity index (χ2n) is 4.66. The van der Waals surface area contributed by atoms with Gasteiger partial charge in [-0.15, -0.1) is 0 Å². The Morgan fingerprint density at radius 1 is 1.56 bits per heavy atom.